The number of fused-ring (bicyclic) bond motifs is 1. The van der Waals surface area contributed by atoms with Crippen molar-refractivity contribution in [3.63, 3.8) is 0 Å². The minimum absolute atomic E-state index is 0.0613. The zero-order valence-electron chi connectivity index (χ0n) is 14.4. The third-order valence-corrected chi connectivity index (χ3v) is 6.00. The highest BCUT2D eigenvalue weighted by atomic mass is 32.1. The van der Waals surface area contributed by atoms with E-state index in [1.54, 1.807) is 11.3 Å². The van der Waals surface area contributed by atoms with E-state index in [-0.39, 0.29) is 11.8 Å². The van der Waals surface area contributed by atoms with Crippen LogP contribution < -0.4 is 5.32 Å². The number of nitriles is 1. The van der Waals surface area contributed by atoms with Gasteiger partial charge in [0, 0.05) is 10.8 Å². The van der Waals surface area contributed by atoms with Gasteiger partial charge in [0.05, 0.1) is 5.56 Å². The van der Waals surface area contributed by atoms with Gasteiger partial charge >= 0.3 is 0 Å². The molecule has 1 atom stereocenters. The summed E-state index contributed by atoms with van der Waals surface area (Å²) >= 11 is 1.63. The lowest BCUT2D eigenvalue weighted by molar-refractivity contribution is -0.120. The number of amides is 1. The minimum Gasteiger partial charge on any atom is -0.316 e. The Bertz CT molecular complexity index is 571. The third-order valence-electron chi connectivity index (χ3n) is 4.79. The molecule has 126 valence electrons. The first-order chi connectivity index (χ1) is 11.2. The fourth-order valence-corrected chi connectivity index (χ4v) is 4.55. The first-order valence-corrected chi connectivity index (χ1v) is 9.88. The van der Waals surface area contributed by atoms with Crippen LogP contribution in [0.2, 0.25) is 0 Å². The topological polar surface area (TPSA) is 52.9 Å². The number of nitrogens with zero attached hydrogens (tertiary/aromatic N) is 1. The summed E-state index contributed by atoms with van der Waals surface area (Å²) in [5, 5.41) is 13.4. The average Bonchev–Trinajstić information content (AvgIpc) is 2.83. The fourth-order valence-electron chi connectivity index (χ4n) is 3.31. The molecule has 1 aliphatic carbocycles. The molecule has 2 rings (SSSR count). The van der Waals surface area contributed by atoms with Crippen LogP contribution in [-0.2, 0) is 17.6 Å². The number of carbonyl (C=O) groups is 1. The van der Waals surface area contributed by atoms with Crippen LogP contribution in [0.15, 0.2) is 0 Å². The summed E-state index contributed by atoms with van der Waals surface area (Å²) in [4.78, 5) is 13.9. The predicted molar refractivity (Wildman–Crippen MR) is 96.8 cm³/mol. The zero-order chi connectivity index (χ0) is 16.7. The van der Waals surface area contributed by atoms with Crippen molar-refractivity contribution in [1.29, 1.82) is 5.26 Å². The second-order valence-corrected chi connectivity index (χ2v) is 7.58. The molecule has 0 aliphatic heterocycles. The van der Waals surface area contributed by atoms with Gasteiger partial charge in [-0.1, -0.05) is 39.5 Å². The average molecular weight is 333 g/mol. The molecule has 0 radical (unpaired) electrons. The number of nitrogens with one attached hydrogen (secondary N) is 1. The van der Waals surface area contributed by atoms with Crippen molar-refractivity contribution in [1.82, 2.24) is 0 Å². The smallest absolute Gasteiger partial charge is 0.228 e. The molecule has 1 unspecified atom stereocenters. The maximum absolute atomic E-state index is 12.6. The first-order valence-electron chi connectivity index (χ1n) is 9.06. The summed E-state index contributed by atoms with van der Waals surface area (Å²) in [6, 6.07) is 2.35. The number of thiophene rings is 1. The molecule has 0 fully saturated rings. The number of hydrogen-bond donors (Lipinski definition) is 1. The van der Waals surface area contributed by atoms with E-state index in [0.29, 0.717) is 0 Å². The second-order valence-electron chi connectivity index (χ2n) is 6.47. The molecule has 1 aromatic heterocycles. The Labute approximate surface area is 144 Å². The summed E-state index contributed by atoms with van der Waals surface area (Å²) < 4.78 is 0. The Balaban J connectivity index is 2.17. The highest BCUT2D eigenvalue weighted by molar-refractivity contribution is 7.16. The number of anilines is 1. The van der Waals surface area contributed by atoms with Crippen molar-refractivity contribution in [2.24, 2.45) is 5.92 Å². The monoisotopic (exact) mass is 332 g/mol. The van der Waals surface area contributed by atoms with E-state index in [0.717, 1.165) is 55.5 Å². The van der Waals surface area contributed by atoms with Crippen LogP contribution in [0.4, 0.5) is 5.00 Å². The van der Waals surface area contributed by atoms with Crippen molar-refractivity contribution in [2.45, 2.75) is 78.1 Å². The van der Waals surface area contributed by atoms with Crippen LogP contribution in [0.3, 0.4) is 0 Å². The molecule has 23 heavy (non-hydrogen) atoms. The van der Waals surface area contributed by atoms with Gasteiger partial charge in [0.25, 0.3) is 0 Å². The first kappa shape index (κ1) is 18.0. The van der Waals surface area contributed by atoms with Crippen LogP contribution in [0, 0.1) is 17.2 Å². The summed E-state index contributed by atoms with van der Waals surface area (Å²) in [5.41, 5.74) is 1.93. The molecular weight excluding hydrogens is 304 g/mol. The van der Waals surface area contributed by atoms with Crippen LogP contribution in [0.25, 0.3) is 0 Å². The molecule has 0 saturated heterocycles. The fraction of sp³-hybridized carbons (Fsp3) is 0.684. The standard InChI is InChI=1S/C19H28N2OS/c1-3-5-10-14(4-2)18(22)21-19-16(13-20)15-11-8-6-7-9-12-17(15)23-19/h14H,3-12H2,1-2H3,(H,21,22). The van der Waals surface area contributed by atoms with Crippen LogP contribution in [0.1, 0.15) is 81.2 Å². The van der Waals surface area contributed by atoms with E-state index in [1.165, 1.54) is 29.7 Å². The molecule has 0 saturated carbocycles. The Morgan fingerprint density at radius 3 is 2.65 bits per heavy atom. The van der Waals surface area contributed by atoms with Gasteiger partial charge in [-0.3, -0.25) is 4.79 Å². The third kappa shape index (κ3) is 4.57. The van der Waals surface area contributed by atoms with Gasteiger partial charge in [-0.05, 0) is 44.1 Å². The van der Waals surface area contributed by atoms with Gasteiger partial charge in [-0.15, -0.1) is 11.3 Å². The highest BCUT2D eigenvalue weighted by Gasteiger charge is 2.23. The quantitative estimate of drug-likeness (QED) is 0.754. The van der Waals surface area contributed by atoms with Crippen molar-refractivity contribution in [3.8, 4) is 6.07 Å². The summed E-state index contributed by atoms with van der Waals surface area (Å²) in [7, 11) is 0. The number of aryl methyl sites for hydroxylation is 1. The molecule has 0 bridgehead atoms. The zero-order valence-corrected chi connectivity index (χ0v) is 15.2. The van der Waals surface area contributed by atoms with Gasteiger partial charge < -0.3 is 5.32 Å². The number of carbonyl (C=O) groups excluding carboxylic acids is 1. The van der Waals surface area contributed by atoms with Crippen molar-refractivity contribution >= 4 is 22.2 Å². The summed E-state index contributed by atoms with van der Waals surface area (Å²) in [6.07, 6.45) is 10.9. The van der Waals surface area contributed by atoms with Gasteiger partial charge in [-0.2, -0.15) is 5.26 Å². The largest absolute Gasteiger partial charge is 0.316 e. The highest BCUT2D eigenvalue weighted by Crippen LogP contribution is 2.37. The summed E-state index contributed by atoms with van der Waals surface area (Å²) in [5.74, 6) is 0.151. The predicted octanol–water partition coefficient (Wildman–Crippen LogP) is 5.43. The molecule has 3 nitrogen and oxygen atoms in total. The van der Waals surface area contributed by atoms with E-state index in [4.69, 9.17) is 0 Å². The van der Waals surface area contributed by atoms with Crippen LogP contribution in [-0.4, -0.2) is 5.91 Å². The molecule has 1 N–H and O–H groups in total. The molecule has 0 aromatic carbocycles. The van der Waals surface area contributed by atoms with Crippen LogP contribution >= 0.6 is 11.3 Å². The van der Waals surface area contributed by atoms with Crippen molar-refractivity contribution in [2.75, 3.05) is 5.32 Å². The summed E-state index contributed by atoms with van der Waals surface area (Å²) in [6.45, 7) is 4.22. The lowest BCUT2D eigenvalue weighted by atomic mass is 9.96. The van der Waals surface area contributed by atoms with Crippen LogP contribution in [0.5, 0.6) is 0 Å². The number of hydrogen-bond acceptors (Lipinski definition) is 3. The molecule has 1 heterocycles. The van der Waals surface area contributed by atoms with Gasteiger partial charge in [0.15, 0.2) is 0 Å². The van der Waals surface area contributed by atoms with E-state index in [1.807, 2.05) is 0 Å². The minimum atomic E-state index is 0.0613. The molecular formula is C19H28N2OS. The Hall–Kier alpha value is -1.34. The SMILES string of the molecule is CCCCC(CC)C(=O)Nc1sc2c(c1C#N)CCCCCC2. The lowest BCUT2D eigenvalue weighted by Gasteiger charge is -2.13. The maximum Gasteiger partial charge on any atom is 0.228 e. The van der Waals surface area contributed by atoms with E-state index in [9.17, 15) is 10.1 Å². The Morgan fingerprint density at radius 1 is 1.26 bits per heavy atom. The van der Waals surface area contributed by atoms with E-state index >= 15 is 0 Å². The van der Waals surface area contributed by atoms with Crippen molar-refractivity contribution in [3.05, 3.63) is 16.0 Å². The van der Waals surface area contributed by atoms with Crippen molar-refractivity contribution < 1.29 is 4.79 Å². The van der Waals surface area contributed by atoms with Gasteiger partial charge in [0.2, 0.25) is 5.91 Å². The number of unbranched alkanes of at least 4 members (excludes halogenated alkanes) is 1. The Morgan fingerprint density at radius 2 is 2.00 bits per heavy atom. The second kappa shape index (κ2) is 9.08. The molecule has 1 aromatic rings. The van der Waals surface area contributed by atoms with E-state index < -0.39 is 0 Å². The maximum atomic E-state index is 12.6. The molecule has 1 aliphatic rings. The lowest BCUT2D eigenvalue weighted by Crippen LogP contribution is -2.22. The van der Waals surface area contributed by atoms with Gasteiger partial charge in [0.1, 0.15) is 11.1 Å². The number of rotatable bonds is 6. The molecule has 4 heteroatoms. The Kier molecular flexibility index (Phi) is 7.11. The molecule has 0 spiro atoms. The van der Waals surface area contributed by atoms with E-state index in [2.05, 4.69) is 25.2 Å². The van der Waals surface area contributed by atoms with Gasteiger partial charge in [-0.25, -0.2) is 0 Å². The molecule has 1 amide bonds. The normalized spacial score (nSPS) is 15.9.